The molecule has 11 nitrogen and oxygen atoms in total. The molecule has 1 aliphatic carbocycles. The summed E-state index contributed by atoms with van der Waals surface area (Å²) in [7, 11) is 1.80. The Labute approximate surface area is 212 Å². The van der Waals surface area contributed by atoms with Gasteiger partial charge in [0.1, 0.15) is 12.1 Å². The van der Waals surface area contributed by atoms with Crippen molar-refractivity contribution >= 4 is 17.7 Å². The van der Waals surface area contributed by atoms with E-state index in [0.29, 0.717) is 18.1 Å². The van der Waals surface area contributed by atoms with E-state index in [1.807, 2.05) is 20.8 Å². The van der Waals surface area contributed by atoms with Gasteiger partial charge in [-0.25, -0.2) is 14.4 Å². The average Bonchev–Trinajstić information content (AvgIpc) is 3.47. The number of halogens is 1. The largest absolute Gasteiger partial charge is 0.342 e. The maximum absolute atomic E-state index is 15.4. The molecule has 192 valence electrons. The SMILES string of the molecule is Cn1ccc(Nc2ncnc(-c3cc4c(cc3F)[C@@H](NC(=O)c3noc(C(C)(C)C)n3)CCCC4)n2)n1. The van der Waals surface area contributed by atoms with E-state index in [2.05, 4.69) is 40.8 Å². The lowest BCUT2D eigenvalue weighted by molar-refractivity contribution is 0.0920. The van der Waals surface area contributed by atoms with Gasteiger partial charge < -0.3 is 15.2 Å². The number of carbonyl (C=O) groups is 1. The summed E-state index contributed by atoms with van der Waals surface area (Å²) in [5.74, 6) is 0.443. The van der Waals surface area contributed by atoms with Crippen molar-refractivity contribution < 1.29 is 13.7 Å². The number of rotatable bonds is 5. The Kier molecular flexibility index (Phi) is 6.40. The summed E-state index contributed by atoms with van der Waals surface area (Å²) in [6.45, 7) is 5.77. The number of aryl methyl sites for hydroxylation is 2. The lowest BCUT2D eigenvalue weighted by Crippen LogP contribution is -2.30. The van der Waals surface area contributed by atoms with Crippen molar-refractivity contribution in [2.45, 2.75) is 57.9 Å². The van der Waals surface area contributed by atoms with Gasteiger partial charge in [-0.1, -0.05) is 32.3 Å². The lowest BCUT2D eigenvalue weighted by atomic mass is 9.96. The first-order chi connectivity index (χ1) is 17.7. The molecule has 0 saturated carbocycles. The third-order valence-electron chi connectivity index (χ3n) is 6.14. The van der Waals surface area contributed by atoms with Crippen molar-refractivity contribution in [3.8, 4) is 11.4 Å². The predicted octanol–water partition coefficient (Wildman–Crippen LogP) is 4.03. The highest BCUT2D eigenvalue weighted by Crippen LogP contribution is 2.33. The molecule has 1 aromatic carbocycles. The lowest BCUT2D eigenvalue weighted by Gasteiger charge is -2.19. The number of nitrogens with zero attached hydrogens (tertiary/aromatic N) is 7. The molecule has 1 atom stereocenters. The second-order valence-corrected chi connectivity index (χ2v) is 10.1. The van der Waals surface area contributed by atoms with Crippen LogP contribution in [0.15, 0.2) is 35.2 Å². The van der Waals surface area contributed by atoms with Crippen LogP contribution >= 0.6 is 0 Å². The fourth-order valence-corrected chi connectivity index (χ4v) is 4.24. The standard InChI is InChI=1S/C25H28FN9O2/c1-25(2,3)23-31-21(34-37-23)22(36)29-18-8-6-5-7-14-11-16(17(26)12-15(14)18)20-27-13-28-24(32-20)30-19-9-10-35(4)33-19/h9-13,18H,5-8H2,1-4H3,(H,29,36)(H,27,28,30,32,33)/t18-/m0/s1. The molecule has 4 aromatic rings. The van der Waals surface area contributed by atoms with Crippen LogP contribution in [-0.2, 0) is 18.9 Å². The molecule has 0 saturated heterocycles. The zero-order valence-corrected chi connectivity index (χ0v) is 21.1. The highest BCUT2D eigenvalue weighted by Gasteiger charge is 2.28. The normalized spacial score (nSPS) is 15.6. The Balaban J connectivity index is 1.40. The Morgan fingerprint density at radius 1 is 1.19 bits per heavy atom. The van der Waals surface area contributed by atoms with Gasteiger partial charge in [0.25, 0.3) is 11.7 Å². The number of amides is 1. The second kappa shape index (κ2) is 9.68. The van der Waals surface area contributed by atoms with Crippen molar-refractivity contribution in [2.24, 2.45) is 7.05 Å². The van der Waals surface area contributed by atoms with Crippen LogP contribution in [0.1, 0.15) is 73.7 Å². The molecule has 37 heavy (non-hydrogen) atoms. The molecule has 5 rings (SSSR count). The van der Waals surface area contributed by atoms with Crippen molar-refractivity contribution in [2.75, 3.05) is 5.32 Å². The van der Waals surface area contributed by atoms with Gasteiger partial charge in [0.2, 0.25) is 11.8 Å². The minimum absolute atomic E-state index is 0.0362. The average molecular weight is 506 g/mol. The maximum Gasteiger partial charge on any atom is 0.293 e. The predicted molar refractivity (Wildman–Crippen MR) is 132 cm³/mol. The van der Waals surface area contributed by atoms with E-state index in [1.165, 1.54) is 12.4 Å². The number of anilines is 2. The molecule has 0 fully saturated rings. The molecule has 0 spiro atoms. The van der Waals surface area contributed by atoms with E-state index in [1.54, 1.807) is 30.1 Å². The number of benzene rings is 1. The molecule has 1 amide bonds. The molecule has 2 N–H and O–H groups in total. The van der Waals surface area contributed by atoms with Crippen LogP contribution in [0.25, 0.3) is 11.4 Å². The van der Waals surface area contributed by atoms with Gasteiger partial charge in [-0.3, -0.25) is 9.48 Å². The Morgan fingerprint density at radius 2 is 2.03 bits per heavy atom. The third-order valence-corrected chi connectivity index (χ3v) is 6.14. The molecule has 0 bridgehead atoms. The molecule has 3 aromatic heterocycles. The van der Waals surface area contributed by atoms with Gasteiger partial charge >= 0.3 is 0 Å². The highest BCUT2D eigenvalue weighted by molar-refractivity contribution is 5.90. The van der Waals surface area contributed by atoms with Crippen molar-refractivity contribution in [1.29, 1.82) is 0 Å². The Hall–Kier alpha value is -4.22. The highest BCUT2D eigenvalue weighted by atomic mass is 19.1. The van der Waals surface area contributed by atoms with Crippen LogP contribution in [0.3, 0.4) is 0 Å². The first kappa shape index (κ1) is 24.5. The number of hydrogen-bond donors (Lipinski definition) is 2. The van der Waals surface area contributed by atoms with E-state index in [4.69, 9.17) is 4.52 Å². The number of fused-ring (bicyclic) bond motifs is 1. The fraction of sp³-hybridized carbons (Fsp3) is 0.400. The molecule has 3 heterocycles. The zero-order chi connectivity index (χ0) is 26.2. The molecular weight excluding hydrogens is 477 g/mol. The molecule has 12 heteroatoms. The van der Waals surface area contributed by atoms with Gasteiger partial charge in [-0.15, -0.1) is 0 Å². The second-order valence-electron chi connectivity index (χ2n) is 10.1. The summed E-state index contributed by atoms with van der Waals surface area (Å²) in [5.41, 5.74) is 1.56. The quantitative estimate of drug-likeness (QED) is 0.385. The monoisotopic (exact) mass is 505 g/mol. The summed E-state index contributed by atoms with van der Waals surface area (Å²) in [4.78, 5) is 29.9. The van der Waals surface area contributed by atoms with Gasteiger partial charge in [0.15, 0.2) is 11.6 Å². The number of aromatic nitrogens is 7. The zero-order valence-electron chi connectivity index (χ0n) is 21.1. The molecule has 0 aliphatic heterocycles. The summed E-state index contributed by atoms with van der Waals surface area (Å²) in [6, 6.07) is 4.62. The number of hydrogen-bond acceptors (Lipinski definition) is 9. The van der Waals surface area contributed by atoms with E-state index in [0.717, 1.165) is 30.4 Å². The maximum atomic E-state index is 15.4. The Morgan fingerprint density at radius 3 is 2.76 bits per heavy atom. The van der Waals surface area contributed by atoms with Crippen LogP contribution in [-0.4, -0.2) is 40.8 Å². The van der Waals surface area contributed by atoms with E-state index >= 15 is 4.39 Å². The van der Waals surface area contributed by atoms with E-state index < -0.39 is 11.7 Å². The minimum atomic E-state index is -0.482. The van der Waals surface area contributed by atoms with Crippen LogP contribution in [0.4, 0.5) is 16.2 Å². The van der Waals surface area contributed by atoms with Crippen molar-refractivity contribution in [1.82, 2.24) is 40.2 Å². The molecule has 0 unspecified atom stereocenters. The van der Waals surface area contributed by atoms with Gasteiger partial charge in [0, 0.05) is 24.7 Å². The van der Waals surface area contributed by atoms with Gasteiger partial charge in [0.05, 0.1) is 11.6 Å². The molecular formula is C25H28FN9O2. The third kappa shape index (κ3) is 5.32. The van der Waals surface area contributed by atoms with Crippen LogP contribution in [0.5, 0.6) is 0 Å². The minimum Gasteiger partial charge on any atom is -0.342 e. The van der Waals surface area contributed by atoms with E-state index in [-0.39, 0.29) is 34.6 Å². The van der Waals surface area contributed by atoms with Crippen LogP contribution in [0, 0.1) is 5.82 Å². The summed E-state index contributed by atoms with van der Waals surface area (Å²) in [5, 5.41) is 14.0. The smallest absolute Gasteiger partial charge is 0.293 e. The number of nitrogens with one attached hydrogen (secondary N) is 2. The van der Waals surface area contributed by atoms with E-state index in [9.17, 15) is 4.79 Å². The van der Waals surface area contributed by atoms with Crippen LogP contribution in [0.2, 0.25) is 0 Å². The topological polar surface area (TPSA) is 137 Å². The van der Waals surface area contributed by atoms with Gasteiger partial charge in [-0.05, 0) is 42.5 Å². The Bertz CT molecular complexity index is 1440. The number of carbonyl (C=O) groups excluding carboxylic acids is 1. The first-order valence-corrected chi connectivity index (χ1v) is 12.1. The van der Waals surface area contributed by atoms with Gasteiger partial charge in [-0.2, -0.15) is 15.1 Å². The fourth-order valence-electron chi connectivity index (χ4n) is 4.24. The van der Waals surface area contributed by atoms with Crippen molar-refractivity contribution in [3.05, 3.63) is 59.4 Å². The first-order valence-electron chi connectivity index (χ1n) is 12.1. The summed E-state index contributed by atoms with van der Waals surface area (Å²) >= 11 is 0. The summed E-state index contributed by atoms with van der Waals surface area (Å²) in [6.07, 6.45) is 6.32. The molecule has 0 radical (unpaired) electrons. The molecule has 1 aliphatic rings. The summed E-state index contributed by atoms with van der Waals surface area (Å²) < 4.78 is 22.3. The van der Waals surface area contributed by atoms with Crippen LogP contribution < -0.4 is 10.6 Å². The van der Waals surface area contributed by atoms with Crippen molar-refractivity contribution in [3.63, 3.8) is 0 Å².